The van der Waals surface area contributed by atoms with Gasteiger partial charge in [0, 0.05) is 23.6 Å². The third-order valence-corrected chi connectivity index (χ3v) is 5.91. The van der Waals surface area contributed by atoms with Crippen LogP contribution in [0.2, 0.25) is 5.02 Å². The number of nitrogens with one attached hydrogen (secondary N) is 3. The van der Waals surface area contributed by atoms with Crippen LogP contribution in [0.1, 0.15) is 12.0 Å². The number of nitrogens with zero attached hydrogens (tertiary/aromatic N) is 3. The average Bonchev–Trinajstić information content (AvgIpc) is 3.41. The molecule has 2 heterocycles. The van der Waals surface area contributed by atoms with Crippen LogP contribution in [0.25, 0.3) is 10.9 Å². The Balaban J connectivity index is 1.42. The molecular weight excluding hydrogens is 515 g/mol. The quantitative estimate of drug-likeness (QED) is 0.189. The Labute approximate surface area is 221 Å². The first-order valence-corrected chi connectivity index (χ1v) is 12.0. The van der Waals surface area contributed by atoms with Crippen LogP contribution in [0.15, 0.2) is 66.0 Å². The van der Waals surface area contributed by atoms with Gasteiger partial charge in [0.25, 0.3) is 0 Å². The van der Waals surface area contributed by atoms with Gasteiger partial charge in [-0.2, -0.15) is 5.10 Å². The highest BCUT2D eigenvalue weighted by Crippen LogP contribution is 2.35. The lowest BCUT2D eigenvalue weighted by molar-refractivity contribution is 0.142. The van der Waals surface area contributed by atoms with E-state index in [1.165, 1.54) is 42.9 Å². The molecule has 3 aromatic carbocycles. The van der Waals surface area contributed by atoms with E-state index in [4.69, 9.17) is 21.1 Å². The van der Waals surface area contributed by atoms with Crippen molar-refractivity contribution in [2.24, 2.45) is 5.10 Å². The Hall–Kier alpha value is -4.48. The molecule has 5 rings (SSSR count). The zero-order valence-corrected chi connectivity index (χ0v) is 20.6. The van der Waals surface area contributed by atoms with E-state index in [0.29, 0.717) is 59.0 Å². The van der Waals surface area contributed by atoms with Gasteiger partial charge in [-0.05, 0) is 54.1 Å². The Morgan fingerprint density at radius 2 is 2.03 bits per heavy atom. The number of anilines is 3. The monoisotopic (exact) mass is 536 g/mol. The third kappa shape index (κ3) is 6.07. The van der Waals surface area contributed by atoms with Crippen molar-refractivity contribution in [3.63, 3.8) is 0 Å². The number of hydrogen-bond donors (Lipinski definition) is 4. The molecule has 38 heavy (non-hydrogen) atoms. The molecule has 2 amide bonds. The van der Waals surface area contributed by atoms with E-state index in [0.717, 1.165) is 0 Å². The Morgan fingerprint density at radius 1 is 1.18 bits per heavy atom. The Kier molecular flexibility index (Phi) is 7.47. The minimum absolute atomic E-state index is 0.0327. The number of carbonyl (C=O) groups is 1. The predicted molar refractivity (Wildman–Crippen MR) is 142 cm³/mol. The van der Waals surface area contributed by atoms with E-state index in [1.807, 2.05) is 0 Å². The standard InChI is InChI=1S/C26H22ClFN6O4/c27-20-9-16(3-6-21(20)28)32-25-19-10-23(33-26(36)34-31-12-15-1-4-17(35)5-2-15)24(11-22(19)29-14-30-25)38-18-7-8-37-13-18/h1-6,9-12,14,18,35H,7-8,13H2,(H,29,30,32)(H2,33,34,36)/b31-12+/t18-/m1/s1. The van der Waals surface area contributed by atoms with Crippen LogP contribution in [-0.4, -0.2) is 46.6 Å². The average molecular weight is 537 g/mol. The first-order chi connectivity index (χ1) is 18.4. The van der Waals surface area contributed by atoms with Gasteiger partial charge in [-0.3, -0.25) is 0 Å². The summed E-state index contributed by atoms with van der Waals surface area (Å²) in [5.74, 6) is 0.417. The molecule has 1 fully saturated rings. The fourth-order valence-electron chi connectivity index (χ4n) is 3.75. The summed E-state index contributed by atoms with van der Waals surface area (Å²) in [5.41, 5.74) is 4.53. The van der Waals surface area contributed by atoms with Crippen LogP contribution in [0.3, 0.4) is 0 Å². The van der Waals surface area contributed by atoms with E-state index in [-0.39, 0.29) is 16.9 Å². The van der Waals surface area contributed by atoms with Crippen LogP contribution in [0.4, 0.5) is 26.4 Å². The largest absolute Gasteiger partial charge is 0.508 e. The molecule has 0 unspecified atom stereocenters. The van der Waals surface area contributed by atoms with Crippen LogP contribution < -0.4 is 20.8 Å². The Bertz CT molecular complexity index is 1500. The molecule has 12 heteroatoms. The van der Waals surface area contributed by atoms with Gasteiger partial charge < -0.3 is 25.2 Å². The van der Waals surface area contributed by atoms with Gasteiger partial charge in [-0.1, -0.05) is 11.6 Å². The molecule has 0 aliphatic carbocycles. The lowest BCUT2D eigenvalue weighted by atomic mass is 10.1. The number of rotatable bonds is 7. The zero-order chi connectivity index (χ0) is 26.5. The second-order valence-electron chi connectivity index (χ2n) is 8.36. The second-order valence-corrected chi connectivity index (χ2v) is 8.77. The van der Waals surface area contributed by atoms with Gasteiger partial charge in [0.15, 0.2) is 0 Å². The van der Waals surface area contributed by atoms with E-state index in [2.05, 4.69) is 31.1 Å². The highest BCUT2D eigenvalue weighted by atomic mass is 35.5. The number of phenolic OH excluding ortho intramolecular Hbond substituents is 1. The first-order valence-electron chi connectivity index (χ1n) is 11.6. The molecule has 10 nitrogen and oxygen atoms in total. The SMILES string of the molecule is O=C(N/N=C/c1ccc(O)cc1)Nc1cc2c(Nc3ccc(F)c(Cl)c3)ncnc2cc1O[C@@H]1CCOC1. The number of halogens is 2. The van der Waals surface area contributed by atoms with E-state index in [9.17, 15) is 14.3 Å². The van der Waals surface area contributed by atoms with Gasteiger partial charge in [0.05, 0.1) is 35.7 Å². The van der Waals surface area contributed by atoms with Crippen molar-refractivity contribution in [3.8, 4) is 11.5 Å². The highest BCUT2D eigenvalue weighted by molar-refractivity contribution is 6.31. The van der Waals surface area contributed by atoms with Crippen LogP contribution >= 0.6 is 11.6 Å². The number of carbonyl (C=O) groups excluding carboxylic acids is 1. The van der Waals surface area contributed by atoms with Gasteiger partial charge in [0.2, 0.25) is 0 Å². The van der Waals surface area contributed by atoms with Crippen LogP contribution in [-0.2, 0) is 4.74 Å². The van der Waals surface area contributed by atoms with Gasteiger partial charge >= 0.3 is 6.03 Å². The molecule has 1 aliphatic rings. The van der Waals surface area contributed by atoms with Crippen molar-refractivity contribution < 1.29 is 23.8 Å². The number of fused-ring (bicyclic) bond motifs is 1. The van der Waals surface area contributed by atoms with Crippen LogP contribution in [0, 0.1) is 5.82 Å². The fraction of sp³-hybridized carbons (Fsp3) is 0.154. The molecule has 0 saturated carbocycles. The number of hydrogen-bond acceptors (Lipinski definition) is 8. The third-order valence-electron chi connectivity index (χ3n) is 5.62. The molecule has 4 N–H and O–H groups in total. The molecule has 0 spiro atoms. The Morgan fingerprint density at radius 3 is 2.79 bits per heavy atom. The summed E-state index contributed by atoms with van der Waals surface area (Å²) in [6.07, 6.45) is 3.36. The minimum Gasteiger partial charge on any atom is -0.508 e. The predicted octanol–water partition coefficient (Wildman–Crippen LogP) is 5.19. The van der Waals surface area contributed by atoms with Crippen molar-refractivity contribution in [1.82, 2.24) is 15.4 Å². The molecule has 1 aliphatic heterocycles. The number of aromatic nitrogens is 2. The van der Waals surface area contributed by atoms with E-state index in [1.54, 1.807) is 24.3 Å². The number of amides is 2. The summed E-state index contributed by atoms with van der Waals surface area (Å²) in [6.45, 7) is 1.02. The summed E-state index contributed by atoms with van der Waals surface area (Å²) in [6, 6.07) is 13.3. The van der Waals surface area contributed by atoms with Crippen molar-refractivity contribution in [2.45, 2.75) is 12.5 Å². The maximum Gasteiger partial charge on any atom is 0.339 e. The summed E-state index contributed by atoms with van der Waals surface area (Å²) in [5, 5.41) is 19.7. The number of phenols is 1. The number of hydrazone groups is 1. The molecule has 1 aromatic heterocycles. The van der Waals surface area contributed by atoms with Crippen molar-refractivity contribution in [1.29, 1.82) is 0 Å². The van der Waals surface area contributed by atoms with E-state index >= 15 is 0 Å². The molecule has 0 radical (unpaired) electrons. The lowest BCUT2D eigenvalue weighted by Crippen LogP contribution is -2.25. The molecule has 1 atom stereocenters. The molecule has 1 saturated heterocycles. The zero-order valence-electron chi connectivity index (χ0n) is 19.8. The lowest BCUT2D eigenvalue weighted by Gasteiger charge is -2.18. The molecular formula is C26H22ClFN6O4. The molecule has 0 bridgehead atoms. The maximum absolute atomic E-state index is 13.6. The van der Waals surface area contributed by atoms with Gasteiger partial charge in [-0.15, -0.1) is 0 Å². The van der Waals surface area contributed by atoms with Gasteiger partial charge in [-0.25, -0.2) is 24.6 Å². The van der Waals surface area contributed by atoms with Crippen molar-refractivity contribution >= 4 is 51.9 Å². The molecule has 194 valence electrons. The number of benzene rings is 3. The minimum atomic E-state index is -0.608. The number of aromatic hydroxyl groups is 1. The van der Waals surface area contributed by atoms with E-state index < -0.39 is 11.8 Å². The highest BCUT2D eigenvalue weighted by Gasteiger charge is 2.21. The second kappa shape index (κ2) is 11.3. The first kappa shape index (κ1) is 25.2. The summed E-state index contributed by atoms with van der Waals surface area (Å²) in [7, 11) is 0. The van der Waals surface area contributed by atoms with Crippen LogP contribution in [0.5, 0.6) is 11.5 Å². The number of urea groups is 1. The topological polar surface area (TPSA) is 130 Å². The van der Waals surface area contributed by atoms with Gasteiger partial charge in [0.1, 0.15) is 35.6 Å². The summed E-state index contributed by atoms with van der Waals surface area (Å²) < 4.78 is 25.1. The van der Waals surface area contributed by atoms with Crippen molar-refractivity contribution in [2.75, 3.05) is 23.8 Å². The smallest absolute Gasteiger partial charge is 0.339 e. The molecule has 4 aromatic rings. The summed E-state index contributed by atoms with van der Waals surface area (Å²) in [4.78, 5) is 21.3. The normalized spacial score (nSPS) is 15.1. The number of ether oxygens (including phenoxy) is 2. The van der Waals surface area contributed by atoms with Crippen molar-refractivity contribution in [3.05, 3.63) is 77.3 Å². The summed E-state index contributed by atoms with van der Waals surface area (Å²) >= 11 is 5.92. The maximum atomic E-state index is 13.6. The fourth-order valence-corrected chi connectivity index (χ4v) is 3.93.